The molecular formula is C16H17NO3S. The quantitative estimate of drug-likeness (QED) is 0.636. The van der Waals surface area contributed by atoms with Gasteiger partial charge in [-0.05, 0) is 32.4 Å². The van der Waals surface area contributed by atoms with E-state index in [2.05, 4.69) is 4.98 Å². The lowest BCUT2D eigenvalue weighted by molar-refractivity contribution is 0.0517. The van der Waals surface area contributed by atoms with Crippen molar-refractivity contribution < 1.29 is 14.3 Å². The zero-order chi connectivity index (χ0) is 15.6. The van der Waals surface area contributed by atoms with Crippen LogP contribution in [0.3, 0.4) is 0 Å². The maximum Gasteiger partial charge on any atom is 0.358 e. The Hall–Kier alpha value is -2.01. The number of aryl methyl sites for hydroxylation is 2. The second kappa shape index (κ2) is 6.18. The number of carbonyl (C=O) groups is 2. The van der Waals surface area contributed by atoms with Crippen molar-refractivity contribution in [2.45, 2.75) is 27.7 Å². The van der Waals surface area contributed by atoms with Gasteiger partial charge in [-0.3, -0.25) is 4.79 Å². The molecule has 1 aromatic carbocycles. The van der Waals surface area contributed by atoms with E-state index < -0.39 is 5.97 Å². The summed E-state index contributed by atoms with van der Waals surface area (Å²) in [6.07, 6.45) is 0. The summed E-state index contributed by atoms with van der Waals surface area (Å²) >= 11 is 1.24. The molecule has 0 atom stereocenters. The Balaban J connectivity index is 2.56. The minimum Gasteiger partial charge on any atom is -0.461 e. The largest absolute Gasteiger partial charge is 0.461 e. The highest BCUT2D eigenvalue weighted by Gasteiger charge is 2.23. The number of aromatic nitrogens is 1. The number of thiazole rings is 1. The van der Waals surface area contributed by atoms with Crippen LogP contribution in [-0.2, 0) is 4.74 Å². The number of ketones is 1. The number of rotatable bonds is 4. The van der Waals surface area contributed by atoms with Crippen LogP contribution in [0.15, 0.2) is 18.2 Å². The van der Waals surface area contributed by atoms with E-state index in [0.29, 0.717) is 9.88 Å². The fourth-order valence-electron chi connectivity index (χ4n) is 1.98. The number of Topliss-reactive ketones (excluding diaryl/α,β-unsaturated/α-hetero) is 1. The second-order valence-corrected chi connectivity index (χ2v) is 5.79. The van der Waals surface area contributed by atoms with Crippen LogP contribution in [0.25, 0.3) is 10.6 Å². The van der Waals surface area contributed by atoms with Crippen LogP contribution in [0.2, 0.25) is 0 Å². The van der Waals surface area contributed by atoms with Gasteiger partial charge in [0.2, 0.25) is 0 Å². The highest BCUT2D eigenvalue weighted by Crippen LogP contribution is 2.31. The number of benzene rings is 1. The van der Waals surface area contributed by atoms with Gasteiger partial charge in [-0.2, -0.15) is 0 Å². The van der Waals surface area contributed by atoms with Crippen molar-refractivity contribution in [3.63, 3.8) is 0 Å². The fourth-order valence-corrected chi connectivity index (χ4v) is 3.01. The van der Waals surface area contributed by atoms with E-state index in [-0.39, 0.29) is 18.1 Å². The van der Waals surface area contributed by atoms with Crippen LogP contribution in [0.4, 0.5) is 0 Å². The predicted octanol–water partition coefficient (Wildman–Crippen LogP) is 3.81. The number of hydrogen-bond acceptors (Lipinski definition) is 5. The molecule has 0 aliphatic carbocycles. The third-order valence-electron chi connectivity index (χ3n) is 3.04. The molecule has 0 aliphatic rings. The van der Waals surface area contributed by atoms with Gasteiger partial charge in [-0.1, -0.05) is 17.7 Å². The van der Waals surface area contributed by atoms with Crippen LogP contribution in [0, 0.1) is 13.8 Å². The van der Waals surface area contributed by atoms with Gasteiger partial charge >= 0.3 is 5.97 Å². The first-order chi connectivity index (χ1) is 9.93. The van der Waals surface area contributed by atoms with Crippen LogP contribution in [0.1, 0.15) is 45.1 Å². The first-order valence-corrected chi connectivity index (χ1v) is 7.52. The maximum atomic E-state index is 11.9. The van der Waals surface area contributed by atoms with Crippen molar-refractivity contribution in [1.82, 2.24) is 4.98 Å². The number of carbonyl (C=O) groups excluding carboxylic acids is 2. The van der Waals surface area contributed by atoms with Crippen LogP contribution in [-0.4, -0.2) is 23.3 Å². The molecule has 5 heteroatoms. The molecule has 0 unspecified atom stereocenters. The highest BCUT2D eigenvalue weighted by molar-refractivity contribution is 7.17. The highest BCUT2D eigenvalue weighted by atomic mass is 32.1. The maximum absolute atomic E-state index is 11.9. The van der Waals surface area contributed by atoms with Gasteiger partial charge in [0.1, 0.15) is 9.88 Å². The van der Waals surface area contributed by atoms with Crippen molar-refractivity contribution in [3.05, 3.63) is 39.9 Å². The standard InChI is InChI=1S/C16H17NO3S/c1-5-20-16(19)13-14(11(4)18)21-15(17-13)12-8-9(2)6-7-10(12)3/h6-8H,5H2,1-4H3. The molecule has 2 aromatic rings. The molecular weight excluding hydrogens is 286 g/mol. The molecule has 0 bridgehead atoms. The molecule has 110 valence electrons. The third-order valence-corrected chi connectivity index (χ3v) is 4.23. The van der Waals surface area contributed by atoms with E-state index in [1.165, 1.54) is 18.3 Å². The molecule has 0 saturated heterocycles. The zero-order valence-electron chi connectivity index (χ0n) is 12.5. The second-order valence-electron chi connectivity index (χ2n) is 4.79. The van der Waals surface area contributed by atoms with E-state index >= 15 is 0 Å². The van der Waals surface area contributed by atoms with E-state index in [1.807, 2.05) is 32.0 Å². The molecule has 21 heavy (non-hydrogen) atoms. The SMILES string of the molecule is CCOC(=O)c1nc(-c2cc(C)ccc2C)sc1C(C)=O. The Bertz CT molecular complexity index is 704. The Kier molecular flexibility index (Phi) is 4.53. The van der Waals surface area contributed by atoms with Gasteiger partial charge in [0.25, 0.3) is 0 Å². The average molecular weight is 303 g/mol. The summed E-state index contributed by atoms with van der Waals surface area (Å²) in [5, 5.41) is 0.671. The lowest BCUT2D eigenvalue weighted by Gasteiger charge is -2.03. The van der Waals surface area contributed by atoms with Gasteiger partial charge in [0, 0.05) is 12.5 Å². The number of hydrogen-bond donors (Lipinski definition) is 0. The predicted molar refractivity (Wildman–Crippen MR) is 83.0 cm³/mol. The molecule has 0 spiro atoms. The van der Waals surface area contributed by atoms with Crippen molar-refractivity contribution in [2.75, 3.05) is 6.61 Å². The molecule has 1 heterocycles. The van der Waals surface area contributed by atoms with Crippen LogP contribution in [0.5, 0.6) is 0 Å². The summed E-state index contributed by atoms with van der Waals surface area (Å²) in [6.45, 7) is 7.39. The van der Waals surface area contributed by atoms with Crippen LogP contribution >= 0.6 is 11.3 Å². The summed E-state index contributed by atoms with van der Waals surface area (Å²) in [7, 11) is 0. The lowest BCUT2D eigenvalue weighted by Crippen LogP contribution is -2.09. The van der Waals surface area contributed by atoms with E-state index in [0.717, 1.165) is 16.7 Å². The zero-order valence-corrected chi connectivity index (χ0v) is 13.3. The molecule has 4 nitrogen and oxygen atoms in total. The number of esters is 1. The van der Waals surface area contributed by atoms with Gasteiger partial charge in [0.05, 0.1) is 6.61 Å². The monoisotopic (exact) mass is 303 g/mol. The Morgan fingerprint density at radius 2 is 2.00 bits per heavy atom. The van der Waals surface area contributed by atoms with Gasteiger partial charge in [-0.15, -0.1) is 11.3 Å². The Morgan fingerprint density at radius 3 is 2.62 bits per heavy atom. The molecule has 0 fully saturated rings. The molecule has 1 aromatic heterocycles. The van der Waals surface area contributed by atoms with Crippen molar-refractivity contribution in [3.8, 4) is 10.6 Å². The molecule has 0 radical (unpaired) electrons. The summed E-state index contributed by atoms with van der Waals surface area (Å²) < 4.78 is 4.97. The molecule has 0 saturated carbocycles. The molecule has 0 N–H and O–H groups in total. The number of nitrogens with zero attached hydrogens (tertiary/aromatic N) is 1. The normalized spacial score (nSPS) is 10.5. The van der Waals surface area contributed by atoms with Crippen molar-refractivity contribution in [1.29, 1.82) is 0 Å². The summed E-state index contributed by atoms with van der Waals surface area (Å²) in [4.78, 5) is 28.4. The first-order valence-electron chi connectivity index (χ1n) is 6.70. The average Bonchev–Trinajstić information content (AvgIpc) is 2.87. The van der Waals surface area contributed by atoms with Gasteiger partial charge in [-0.25, -0.2) is 9.78 Å². The molecule has 2 rings (SSSR count). The summed E-state index contributed by atoms with van der Waals surface area (Å²) in [5.41, 5.74) is 3.22. The summed E-state index contributed by atoms with van der Waals surface area (Å²) in [5.74, 6) is -0.720. The topological polar surface area (TPSA) is 56.3 Å². The first kappa shape index (κ1) is 15.4. The van der Waals surface area contributed by atoms with Gasteiger partial charge < -0.3 is 4.74 Å². The summed E-state index contributed by atoms with van der Waals surface area (Å²) in [6, 6.07) is 6.03. The van der Waals surface area contributed by atoms with Crippen molar-refractivity contribution in [2.24, 2.45) is 0 Å². The van der Waals surface area contributed by atoms with E-state index in [1.54, 1.807) is 6.92 Å². The minimum atomic E-state index is -0.546. The molecule has 0 amide bonds. The molecule has 0 aliphatic heterocycles. The lowest BCUT2D eigenvalue weighted by atomic mass is 10.1. The number of ether oxygens (including phenoxy) is 1. The van der Waals surface area contributed by atoms with Crippen molar-refractivity contribution >= 4 is 23.1 Å². The van der Waals surface area contributed by atoms with E-state index in [4.69, 9.17) is 4.74 Å². The minimum absolute atomic E-state index is 0.116. The fraction of sp³-hybridized carbons (Fsp3) is 0.312. The third kappa shape index (κ3) is 3.19. The van der Waals surface area contributed by atoms with Crippen LogP contribution < -0.4 is 0 Å². The Morgan fingerprint density at radius 1 is 1.29 bits per heavy atom. The van der Waals surface area contributed by atoms with Gasteiger partial charge in [0.15, 0.2) is 11.5 Å². The van der Waals surface area contributed by atoms with E-state index in [9.17, 15) is 9.59 Å². The Labute approximate surface area is 127 Å². The smallest absolute Gasteiger partial charge is 0.358 e.